The molecule has 1 aliphatic heterocycles. The molecule has 0 aliphatic carbocycles. The third-order valence-electron chi connectivity index (χ3n) is 3.19. The molecule has 0 saturated heterocycles. The van der Waals surface area contributed by atoms with Crippen molar-refractivity contribution in [2.75, 3.05) is 5.75 Å². The van der Waals surface area contributed by atoms with Crippen LogP contribution in [0.5, 0.6) is 0 Å². The van der Waals surface area contributed by atoms with Crippen molar-refractivity contribution < 1.29 is 8.94 Å². The van der Waals surface area contributed by atoms with Crippen LogP contribution in [-0.4, -0.2) is 25.1 Å². The van der Waals surface area contributed by atoms with Crippen LogP contribution in [0.3, 0.4) is 0 Å². The smallest absolute Gasteiger partial charge is 0.362 e. The highest BCUT2D eigenvalue weighted by molar-refractivity contribution is 7.91. The highest BCUT2D eigenvalue weighted by atomic mass is 35.5. The van der Waals surface area contributed by atoms with Crippen LogP contribution in [0, 0.1) is 11.3 Å². The molecule has 0 fully saturated rings. The predicted octanol–water partition coefficient (Wildman–Crippen LogP) is 3.12. The zero-order valence-electron chi connectivity index (χ0n) is 11.9. The first-order chi connectivity index (χ1) is 10.5. The van der Waals surface area contributed by atoms with Crippen LogP contribution in [0.15, 0.2) is 40.6 Å². The second-order valence-corrected chi connectivity index (χ2v) is 6.38. The molecular weight excluding hydrogens is 327 g/mol. The Morgan fingerprint density at radius 2 is 2.45 bits per heavy atom. The minimum atomic E-state index is -1.66. The van der Waals surface area contributed by atoms with Gasteiger partial charge in [0.2, 0.25) is 0 Å². The van der Waals surface area contributed by atoms with Gasteiger partial charge >= 0.3 is 5.16 Å². The lowest BCUT2D eigenvalue weighted by molar-refractivity contribution is 0.326. The Morgan fingerprint density at radius 3 is 3.09 bits per heavy atom. The normalized spacial score (nSPS) is 22.6. The lowest BCUT2D eigenvalue weighted by Crippen LogP contribution is -2.12. The standard InChI is InChI=1S/C14H14ClFN4OS/c1-3-4-5-10(15)9(2)12-8-11(16)13-18-14(19-20(12)13)22(21)7-6-17/h3-5,11-12H,2,7-8H2,1H3/b4-3-,10-5+/t11-,12-,22?/m0/s1. The fraction of sp³-hybridized carbons (Fsp3) is 0.357. The summed E-state index contributed by atoms with van der Waals surface area (Å²) < 4.78 is 27.2. The van der Waals surface area contributed by atoms with E-state index >= 15 is 0 Å². The van der Waals surface area contributed by atoms with Gasteiger partial charge in [0.15, 0.2) is 17.7 Å². The Morgan fingerprint density at radius 1 is 1.73 bits per heavy atom. The molecule has 0 amide bonds. The fourth-order valence-corrected chi connectivity index (χ4v) is 2.93. The summed E-state index contributed by atoms with van der Waals surface area (Å²) in [6.07, 6.45) is 4.05. The Balaban J connectivity index is 2.30. The number of aromatic nitrogens is 3. The predicted molar refractivity (Wildman–Crippen MR) is 82.3 cm³/mol. The van der Waals surface area contributed by atoms with Crippen LogP contribution in [0.1, 0.15) is 31.4 Å². The van der Waals surface area contributed by atoms with Crippen molar-refractivity contribution in [1.29, 1.82) is 5.26 Å². The van der Waals surface area contributed by atoms with Gasteiger partial charge < -0.3 is 4.55 Å². The van der Waals surface area contributed by atoms with Gasteiger partial charge in [-0.2, -0.15) is 10.2 Å². The third kappa shape index (κ3) is 3.24. The number of allylic oxidation sites excluding steroid dienone is 5. The minimum Gasteiger partial charge on any atom is -0.608 e. The van der Waals surface area contributed by atoms with Crippen molar-refractivity contribution in [3.8, 4) is 6.07 Å². The molecule has 2 heterocycles. The first-order valence-corrected chi connectivity index (χ1v) is 8.22. The number of rotatable bonds is 5. The first kappa shape index (κ1) is 16.7. The highest BCUT2D eigenvalue weighted by Crippen LogP contribution is 2.42. The summed E-state index contributed by atoms with van der Waals surface area (Å²) >= 11 is 4.49. The van der Waals surface area contributed by atoms with Crippen LogP contribution < -0.4 is 0 Å². The van der Waals surface area contributed by atoms with Gasteiger partial charge in [0.25, 0.3) is 0 Å². The number of nitriles is 1. The van der Waals surface area contributed by atoms with Gasteiger partial charge in [0.1, 0.15) is 6.07 Å². The molecule has 1 aromatic heterocycles. The molecule has 116 valence electrons. The molecule has 5 nitrogen and oxygen atoms in total. The van der Waals surface area contributed by atoms with Crippen LogP contribution >= 0.6 is 11.6 Å². The van der Waals surface area contributed by atoms with Crippen molar-refractivity contribution in [2.45, 2.75) is 30.7 Å². The van der Waals surface area contributed by atoms with E-state index in [1.165, 1.54) is 4.68 Å². The zero-order valence-corrected chi connectivity index (χ0v) is 13.4. The van der Waals surface area contributed by atoms with Crippen molar-refractivity contribution in [2.24, 2.45) is 0 Å². The summed E-state index contributed by atoms with van der Waals surface area (Å²) in [5, 5.41) is 13.0. The van der Waals surface area contributed by atoms with E-state index in [9.17, 15) is 8.94 Å². The largest absolute Gasteiger partial charge is 0.608 e. The van der Waals surface area contributed by atoms with Crippen LogP contribution in [-0.2, 0) is 11.2 Å². The van der Waals surface area contributed by atoms with Gasteiger partial charge in [-0.3, -0.25) is 0 Å². The maximum absolute atomic E-state index is 14.1. The van der Waals surface area contributed by atoms with Gasteiger partial charge in [-0.25, -0.2) is 9.07 Å². The van der Waals surface area contributed by atoms with Gasteiger partial charge in [-0.15, -0.1) is 5.10 Å². The Kier molecular flexibility index (Phi) is 5.40. The van der Waals surface area contributed by atoms with E-state index in [2.05, 4.69) is 16.7 Å². The number of halogens is 2. The number of hydrogen-bond donors (Lipinski definition) is 0. The lowest BCUT2D eigenvalue weighted by atomic mass is 10.1. The maximum atomic E-state index is 14.1. The molecule has 22 heavy (non-hydrogen) atoms. The molecule has 0 N–H and O–H groups in total. The molecular formula is C14H14ClFN4OS. The molecule has 3 atom stereocenters. The molecule has 0 spiro atoms. The maximum Gasteiger partial charge on any atom is 0.362 e. The van der Waals surface area contributed by atoms with Gasteiger partial charge in [-0.05, 0) is 18.6 Å². The van der Waals surface area contributed by atoms with Gasteiger partial charge in [0.05, 0.1) is 6.04 Å². The summed E-state index contributed by atoms with van der Waals surface area (Å²) in [7, 11) is 0. The van der Waals surface area contributed by atoms with E-state index in [4.69, 9.17) is 16.9 Å². The Bertz CT molecular complexity index is 679. The highest BCUT2D eigenvalue weighted by Gasteiger charge is 2.38. The van der Waals surface area contributed by atoms with E-state index in [-0.39, 0.29) is 23.2 Å². The molecule has 0 aromatic carbocycles. The summed E-state index contributed by atoms with van der Waals surface area (Å²) in [5.41, 5.74) is 0.517. The van der Waals surface area contributed by atoms with Crippen LogP contribution in [0.2, 0.25) is 0 Å². The van der Waals surface area contributed by atoms with Crippen molar-refractivity contribution in [3.05, 3.63) is 41.2 Å². The van der Waals surface area contributed by atoms with Gasteiger partial charge in [0, 0.05) is 22.6 Å². The molecule has 1 aliphatic rings. The quantitative estimate of drug-likeness (QED) is 0.609. The van der Waals surface area contributed by atoms with Crippen molar-refractivity contribution in [3.63, 3.8) is 0 Å². The van der Waals surface area contributed by atoms with Crippen LogP contribution in [0.4, 0.5) is 4.39 Å². The Labute approximate surface area is 136 Å². The molecule has 8 heteroatoms. The lowest BCUT2D eigenvalue weighted by Gasteiger charge is -2.13. The minimum absolute atomic E-state index is 0.0368. The van der Waals surface area contributed by atoms with E-state index in [0.717, 1.165) is 0 Å². The molecule has 1 unspecified atom stereocenters. The summed E-state index contributed by atoms with van der Waals surface area (Å²) in [6, 6.07) is 1.31. The van der Waals surface area contributed by atoms with Crippen molar-refractivity contribution >= 4 is 22.8 Å². The molecule has 2 rings (SSSR count). The van der Waals surface area contributed by atoms with E-state index in [1.807, 2.05) is 13.0 Å². The first-order valence-electron chi connectivity index (χ1n) is 6.53. The Hall–Kier alpha value is -1.62. The third-order valence-corrected chi connectivity index (χ3v) is 4.53. The molecule has 0 radical (unpaired) electrons. The van der Waals surface area contributed by atoms with E-state index in [0.29, 0.717) is 10.6 Å². The average Bonchev–Trinajstić information content (AvgIpc) is 3.05. The van der Waals surface area contributed by atoms with Crippen LogP contribution in [0.25, 0.3) is 0 Å². The topological polar surface area (TPSA) is 77.6 Å². The van der Waals surface area contributed by atoms with E-state index < -0.39 is 23.4 Å². The number of hydrogen-bond acceptors (Lipinski definition) is 4. The fourth-order valence-electron chi connectivity index (χ4n) is 2.12. The van der Waals surface area contributed by atoms with E-state index in [1.54, 1.807) is 18.2 Å². The summed E-state index contributed by atoms with van der Waals surface area (Å²) in [5.74, 6) is -0.128. The average molecular weight is 341 g/mol. The second kappa shape index (κ2) is 7.09. The van der Waals surface area contributed by atoms with Crippen molar-refractivity contribution in [1.82, 2.24) is 14.8 Å². The molecule has 0 bridgehead atoms. The summed E-state index contributed by atoms with van der Waals surface area (Å²) in [6.45, 7) is 5.75. The number of fused-ring (bicyclic) bond motifs is 1. The summed E-state index contributed by atoms with van der Waals surface area (Å²) in [4.78, 5) is 3.95. The SMILES string of the molecule is C=C(/C(Cl)=C\C=C/C)[C@@H]1C[C@H](F)c2nc([S+]([O-])CC#N)nn21. The number of nitrogens with zero attached hydrogens (tertiary/aromatic N) is 4. The second-order valence-electron chi connectivity index (χ2n) is 4.63. The zero-order chi connectivity index (χ0) is 16.3. The van der Waals surface area contributed by atoms with Gasteiger partial charge in [-0.1, -0.05) is 30.3 Å². The molecule has 0 saturated carbocycles. The number of alkyl halides is 1. The molecule has 1 aromatic rings. The monoisotopic (exact) mass is 340 g/mol.